The molecule has 2 heterocycles. The molecule has 1 saturated heterocycles. The molecule has 2 aromatic rings. The molecule has 3 rings (SSSR count). The Morgan fingerprint density at radius 3 is 2.76 bits per heavy atom. The van der Waals surface area contributed by atoms with Gasteiger partial charge in [0.05, 0.1) is 17.6 Å². The minimum Gasteiger partial charge on any atom is -0.493 e. The van der Waals surface area contributed by atoms with Gasteiger partial charge in [0.1, 0.15) is 11.6 Å². The van der Waals surface area contributed by atoms with Crippen molar-refractivity contribution in [1.29, 1.82) is 0 Å². The highest BCUT2D eigenvalue weighted by atomic mass is 16.5. The van der Waals surface area contributed by atoms with Crippen molar-refractivity contribution in [1.82, 2.24) is 19.8 Å². The Balaban J connectivity index is 1.73. The van der Waals surface area contributed by atoms with Crippen LogP contribution in [0.5, 0.6) is 5.75 Å². The van der Waals surface area contributed by atoms with Gasteiger partial charge < -0.3 is 19.5 Å². The monoisotopic (exact) mass is 400 g/mol. The van der Waals surface area contributed by atoms with Crippen molar-refractivity contribution in [2.75, 3.05) is 39.3 Å². The van der Waals surface area contributed by atoms with Crippen LogP contribution in [0.15, 0.2) is 18.2 Å². The number of nitrogens with one attached hydrogen (secondary N) is 1. The second kappa shape index (κ2) is 11.6. The van der Waals surface area contributed by atoms with Gasteiger partial charge in [-0.15, -0.1) is 0 Å². The number of imidazole rings is 1. The Kier molecular flexibility index (Phi) is 8.81. The number of hydrogen-bond donors (Lipinski definition) is 1. The smallest absolute Gasteiger partial charge is 0.121 e. The number of aryl methyl sites for hydroxylation is 1. The molecule has 162 valence electrons. The zero-order valence-corrected chi connectivity index (χ0v) is 18.8. The van der Waals surface area contributed by atoms with Crippen molar-refractivity contribution < 1.29 is 4.74 Å². The lowest BCUT2D eigenvalue weighted by atomic mass is 9.99. The highest BCUT2D eigenvalue weighted by molar-refractivity contribution is 5.78. The van der Waals surface area contributed by atoms with Gasteiger partial charge in [-0.05, 0) is 57.5 Å². The summed E-state index contributed by atoms with van der Waals surface area (Å²) in [6, 6.07) is 6.45. The molecule has 0 radical (unpaired) electrons. The summed E-state index contributed by atoms with van der Waals surface area (Å²) >= 11 is 0. The quantitative estimate of drug-likeness (QED) is 0.520. The zero-order valence-electron chi connectivity index (χ0n) is 18.8. The lowest BCUT2D eigenvalue weighted by molar-refractivity contribution is 0.249. The lowest BCUT2D eigenvalue weighted by Crippen LogP contribution is -2.30. The summed E-state index contributed by atoms with van der Waals surface area (Å²) in [6.07, 6.45) is 7.26. The van der Waals surface area contributed by atoms with Gasteiger partial charge in [-0.3, -0.25) is 0 Å². The molecule has 1 aliphatic rings. The van der Waals surface area contributed by atoms with Crippen LogP contribution in [-0.2, 0) is 6.54 Å². The van der Waals surface area contributed by atoms with Crippen molar-refractivity contribution in [2.45, 2.75) is 71.8 Å². The SMILES string of the molecule is CCCCCn1c(C2CCCNC2)nc2ccc(OCCCN(CC)CC)cc21. The first-order valence-electron chi connectivity index (χ1n) is 11.8. The van der Waals surface area contributed by atoms with E-state index in [1.807, 2.05) is 0 Å². The van der Waals surface area contributed by atoms with Gasteiger partial charge in [0.2, 0.25) is 0 Å². The molecule has 29 heavy (non-hydrogen) atoms. The summed E-state index contributed by atoms with van der Waals surface area (Å²) in [7, 11) is 0. The minimum atomic E-state index is 0.524. The van der Waals surface area contributed by atoms with E-state index in [1.165, 1.54) is 43.4 Å². The number of piperidine rings is 1. The van der Waals surface area contributed by atoms with Crippen molar-refractivity contribution in [3.8, 4) is 5.75 Å². The molecular formula is C24H40N4O. The number of benzene rings is 1. The van der Waals surface area contributed by atoms with E-state index in [0.717, 1.165) is 63.6 Å². The van der Waals surface area contributed by atoms with E-state index in [9.17, 15) is 0 Å². The van der Waals surface area contributed by atoms with Crippen LogP contribution >= 0.6 is 0 Å². The molecule has 1 aromatic carbocycles. The zero-order chi connectivity index (χ0) is 20.5. The summed E-state index contributed by atoms with van der Waals surface area (Å²) in [5, 5.41) is 3.55. The van der Waals surface area contributed by atoms with Crippen LogP contribution < -0.4 is 10.1 Å². The summed E-state index contributed by atoms with van der Waals surface area (Å²) < 4.78 is 8.59. The molecule has 1 aliphatic heterocycles. The van der Waals surface area contributed by atoms with Crippen molar-refractivity contribution in [3.05, 3.63) is 24.0 Å². The molecule has 1 fully saturated rings. The largest absolute Gasteiger partial charge is 0.493 e. The molecule has 1 unspecified atom stereocenters. The van der Waals surface area contributed by atoms with Gasteiger partial charge in [0, 0.05) is 31.6 Å². The van der Waals surface area contributed by atoms with E-state index in [1.54, 1.807) is 0 Å². The van der Waals surface area contributed by atoms with Gasteiger partial charge >= 0.3 is 0 Å². The maximum absolute atomic E-state index is 6.11. The Morgan fingerprint density at radius 1 is 1.17 bits per heavy atom. The molecule has 0 saturated carbocycles. The van der Waals surface area contributed by atoms with E-state index in [0.29, 0.717) is 5.92 Å². The van der Waals surface area contributed by atoms with Crippen LogP contribution in [0.2, 0.25) is 0 Å². The fraction of sp³-hybridized carbons (Fsp3) is 0.708. The maximum atomic E-state index is 6.11. The van der Waals surface area contributed by atoms with E-state index in [4.69, 9.17) is 9.72 Å². The first-order chi connectivity index (χ1) is 14.3. The number of aromatic nitrogens is 2. The molecule has 1 atom stereocenters. The van der Waals surface area contributed by atoms with Gasteiger partial charge in [-0.25, -0.2) is 4.98 Å². The fourth-order valence-electron chi connectivity index (χ4n) is 4.37. The topological polar surface area (TPSA) is 42.3 Å². The summed E-state index contributed by atoms with van der Waals surface area (Å²) in [5.41, 5.74) is 2.35. The molecule has 5 nitrogen and oxygen atoms in total. The molecule has 1 N–H and O–H groups in total. The fourth-order valence-corrected chi connectivity index (χ4v) is 4.37. The van der Waals surface area contributed by atoms with E-state index >= 15 is 0 Å². The van der Waals surface area contributed by atoms with Crippen LogP contribution in [0.1, 0.15) is 71.0 Å². The predicted molar refractivity (Wildman–Crippen MR) is 122 cm³/mol. The number of hydrogen-bond acceptors (Lipinski definition) is 4. The third-order valence-corrected chi connectivity index (χ3v) is 6.18. The van der Waals surface area contributed by atoms with Crippen molar-refractivity contribution >= 4 is 11.0 Å². The average molecular weight is 401 g/mol. The second-order valence-corrected chi connectivity index (χ2v) is 8.25. The van der Waals surface area contributed by atoms with Crippen LogP contribution in [0, 0.1) is 0 Å². The molecular weight excluding hydrogens is 360 g/mol. The van der Waals surface area contributed by atoms with Gasteiger partial charge in [0.25, 0.3) is 0 Å². The normalized spacial score (nSPS) is 17.3. The number of ether oxygens (including phenoxy) is 1. The third kappa shape index (κ3) is 5.95. The first kappa shape index (κ1) is 22.1. The summed E-state index contributed by atoms with van der Waals surface area (Å²) in [6.45, 7) is 14.0. The average Bonchev–Trinajstić information content (AvgIpc) is 3.12. The Morgan fingerprint density at radius 2 is 2.03 bits per heavy atom. The van der Waals surface area contributed by atoms with Crippen LogP contribution in [0.4, 0.5) is 0 Å². The molecule has 0 amide bonds. The van der Waals surface area contributed by atoms with Crippen LogP contribution in [0.3, 0.4) is 0 Å². The molecule has 0 bridgehead atoms. The van der Waals surface area contributed by atoms with E-state index in [-0.39, 0.29) is 0 Å². The highest BCUT2D eigenvalue weighted by Crippen LogP contribution is 2.29. The number of fused-ring (bicyclic) bond motifs is 1. The standard InChI is InChI=1S/C24H40N4O/c1-4-7-8-16-28-23-18-21(29-17-10-15-27(5-2)6-3)12-13-22(23)26-24(28)20-11-9-14-25-19-20/h12-13,18,20,25H,4-11,14-17,19H2,1-3H3. The third-order valence-electron chi connectivity index (χ3n) is 6.18. The Labute approximate surface area is 176 Å². The van der Waals surface area contributed by atoms with Crippen LogP contribution in [0.25, 0.3) is 11.0 Å². The Bertz CT molecular complexity index is 732. The minimum absolute atomic E-state index is 0.524. The van der Waals surface area contributed by atoms with Gasteiger partial charge in [-0.1, -0.05) is 33.6 Å². The van der Waals surface area contributed by atoms with E-state index < -0.39 is 0 Å². The summed E-state index contributed by atoms with van der Waals surface area (Å²) in [5.74, 6) is 2.76. The summed E-state index contributed by atoms with van der Waals surface area (Å²) in [4.78, 5) is 7.50. The lowest BCUT2D eigenvalue weighted by Gasteiger charge is -2.23. The van der Waals surface area contributed by atoms with Gasteiger partial charge in [0.15, 0.2) is 0 Å². The number of unbranched alkanes of at least 4 members (excludes halogenated alkanes) is 2. The predicted octanol–water partition coefficient (Wildman–Crippen LogP) is 4.80. The molecule has 1 aromatic heterocycles. The molecule has 0 aliphatic carbocycles. The van der Waals surface area contributed by atoms with Crippen LogP contribution in [-0.4, -0.2) is 53.8 Å². The Hall–Kier alpha value is -1.59. The van der Waals surface area contributed by atoms with Crippen molar-refractivity contribution in [2.24, 2.45) is 0 Å². The van der Waals surface area contributed by atoms with Crippen molar-refractivity contribution in [3.63, 3.8) is 0 Å². The van der Waals surface area contributed by atoms with Gasteiger partial charge in [-0.2, -0.15) is 0 Å². The second-order valence-electron chi connectivity index (χ2n) is 8.25. The highest BCUT2D eigenvalue weighted by Gasteiger charge is 2.22. The van der Waals surface area contributed by atoms with E-state index in [2.05, 4.69) is 53.8 Å². The maximum Gasteiger partial charge on any atom is 0.121 e. The first-order valence-corrected chi connectivity index (χ1v) is 11.8. The number of rotatable bonds is 12. The number of nitrogens with zero attached hydrogens (tertiary/aromatic N) is 3. The molecule has 0 spiro atoms. The molecule has 5 heteroatoms.